The molecule has 0 atom stereocenters. The fourth-order valence-corrected chi connectivity index (χ4v) is 3.95. The van der Waals surface area contributed by atoms with Crippen molar-refractivity contribution in [2.24, 2.45) is 0 Å². The molecule has 5 heteroatoms. The first-order chi connectivity index (χ1) is 15.2. The summed E-state index contributed by atoms with van der Waals surface area (Å²) in [6.45, 7) is 1.50. The zero-order valence-electron chi connectivity index (χ0n) is 17.9. The summed E-state index contributed by atoms with van der Waals surface area (Å²) < 4.78 is 7.95. The number of ether oxygens (including phenoxy) is 1. The van der Waals surface area contributed by atoms with E-state index < -0.39 is 0 Å². The van der Waals surface area contributed by atoms with Crippen molar-refractivity contribution in [3.63, 3.8) is 0 Å². The molecule has 0 saturated heterocycles. The van der Waals surface area contributed by atoms with E-state index >= 15 is 0 Å². The third-order valence-electron chi connectivity index (χ3n) is 5.62. The van der Waals surface area contributed by atoms with Gasteiger partial charge in [0.2, 0.25) is 0 Å². The number of hydrogen-bond acceptors (Lipinski definition) is 4. The fraction of sp³-hybridized carbons (Fsp3) is 0.192. The lowest BCUT2D eigenvalue weighted by Crippen LogP contribution is -2.08. The highest BCUT2D eigenvalue weighted by Crippen LogP contribution is 2.35. The van der Waals surface area contributed by atoms with E-state index in [0.29, 0.717) is 6.61 Å². The first-order valence-electron chi connectivity index (χ1n) is 10.6. The van der Waals surface area contributed by atoms with Crippen LogP contribution in [0.2, 0.25) is 0 Å². The van der Waals surface area contributed by atoms with Gasteiger partial charge in [-0.25, -0.2) is 4.68 Å². The van der Waals surface area contributed by atoms with E-state index in [1.165, 1.54) is 11.3 Å². The lowest BCUT2D eigenvalue weighted by molar-refractivity contribution is 0.306. The molecule has 0 amide bonds. The lowest BCUT2D eigenvalue weighted by atomic mass is 10.1. The molecular weight excluding hydrogens is 384 g/mol. The van der Waals surface area contributed by atoms with E-state index in [-0.39, 0.29) is 0 Å². The van der Waals surface area contributed by atoms with E-state index in [2.05, 4.69) is 72.8 Å². The maximum atomic E-state index is 5.94. The highest BCUT2D eigenvalue weighted by atomic mass is 16.5. The summed E-state index contributed by atoms with van der Waals surface area (Å²) in [5.74, 6) is 1.94. The van der Waals surface area contributed by atoms with Crippen molar-refractivity contribution in [3.05, 3.63) is 90.0 Å². The van der Waals surface area contributed by atoms with Crippen LogP contribution in [0.3, 0.4) is 0 Å². The van der Waals surface area contributed by atoms with Crippen molar-refractivity contribution in [1.29, 1.82) is 0 Å². The third-order valence-corrected chi connectivity index (χ3v) is 5.62. The van der Waals surface area contributed by atoms with E-state index in [1.807, 2.05) is 35.0 Å². The van der Waals surface area contributed by atoms with E-state index in [4.69, 9.17) is 9.84 Å². The maximum Gasteiger partial charge on any atom is 0.133 e. The van der Waals surface area contributed by atoms with Gasteiger partial charge in [-0.2, -0.15) is 5.10 Å². The summed E-state index contributed by atoms with van der Waals surface area (Å²) >= 11 is 0. The van der Waals surface area contributed by atoms with E-state index in [9.17, 15) is 0 Å². The topological polar surface area (TPSA) is 42.3 Å². The molecule has 5 nitrogen and oxygen atoms in total. The number of anilines is 2. The van der Waals surface area contributed by atoms with Crippen LogP contribution in [0.4, 0.5) is 11.5 Å². The van der Waals surface area contributed by atoms with Gasteiger partial charge in [-0.3, -0.25) is 0 Å². The average Bonchev–Trinajstić information content (AvgIpc) is 3.42. The molecule has 1 aliphatic rings. The highest BCUT2D eigenvalue weighted by Gasteiger charge is 2.24. The van der Waals surface area contributed by atoms with Gasteiger partial charge in [0.25, 0.3) is 0 Å². The summed E-state index contributed by atoms with van der Waals surface area (Å²) in [6, 6.07) is 26.9. The molecule has 4 aromatic rings. The number of rotatable bonds is 6. The van der Waals surface area contributed by atoms with Gasteiger partial charge < -0.3 is 15.0 Å². The Balaban J connectivity index is 1.42. The Morgan fingerprint density at radius 1 is 0.968 bits per heavy atom. The Morgan fingerprint density at radius 2 is 1.77 bits per heavy atom. The fourth-order valence-electron chi connectivity index (χ4n) is 3.95. The summed E-state index contributed by atoms with van der Waals surface area (Å²) in [5.41, 5.74) is 6.82. The van der Waals surface area contributed by atoms with Crippen molar-refractivity contribution in [3.8, 4) is 22.7 Å². The normalized spacial score (nSPS) is 12.3. The van der Waals surface area contributed by atoms with Gasteiger partial charge in [-0.1, -0.05) is 42.5 Å². The molecule has 156 valence electrons. The summed E-state index contributed by atoms with van der Waals surface area (Å²) in [5, 5.41) is 8.51. The molecule has 0 radical (unpaired) electrons. The Labute approximate surface area is 182 Å². The molecule has 0 aliphatic carbocycles. The van der Waals surface area contributed by atoms with Crippen LogP contribution in [0.25, 0.3) is 16.9 Å². The van der Waals surface area contributed by atoms with Crippen LogP contribution in [0, 0.1) is 0 Å². The Morgan fingerprint density at radius 3 is 2.55 bits per heavy atom. The van der Waals surface area contributed by atoms with Gasteiger partial charge in [0.1, 0.15) is 18.2 Å². The minimum atomic E-state index is 0.561. The molecule has 2 heterocycles. The molecule has 0 fully saturated rings. The molecule has 0 unspecified atom stereocenters. The zero-order valence-corrected chi connectivity index (χ0v) is 17.9. The molecule has 5 rings (SSSR count). The van der Waals surface area contributed by atoms with Gasteiger partial charge in [-0.15, -0.1) is 0 Å². The second kappa shape index (κ2) is 8.19. The van der Waals surface area contributed by atoms with Gasteiger partial charge in [0.05, 0.1) is 11.4 Å². The number of fused-ring (bicyclic) bond motifs is 1. The number of benzene rings is 3. The first kappa shape index (κ1) is 19.2. The Hall–Kier alpha value is -3.73. The summed E-state index contributed by atoms with van der Waals surface area (Å²) in [4.78, 5) is 2.12. The zero-order chi connectivity index (χ0) is 21.2. The SMILES string of the molecule is CN(C)c1cccc(-c2nn(-c3ccc(OCc4ccccc4)cc3)c3c2CCN3)c1. The Kier molecular flexibility index (Phi) is 5.08. The number of aromatic nitrogens is 2. The van der Waals surface area contributed by atoms with Crippen molar-refractivity contribution in [2.75, 3.05) is 30.9 Å². The maximum absolute atomic E-state index is 5.94. The highest BCUT2D eigenvalue weighted by molar-refractivity contribution is 5.75. The third kappa shape index (κ3) is 3.87. The van der Waals surface area contributed by atoms with Crippen LogP contribution in [0.1, 0.15) is 11.1 Å². The van der Waals surface area contributed by atoms with E-state index in [0.717, 1.165) is 47.0 Å². The van der Waals surface area contributed by atoms with Crippen LogP contribution in [0.15, 0.2) is 78.9 Å². The predicted octanol–water partition coefficient (Wildman–Crippen LogP) is 5.15. The van der Waals surface area contributed by atoms with Gasteiger partial charge in [-0.05, 0) is 48.4 Å². The number of nitrogens with one attached hydrogen (secondary N) is 1. The van der Waals surface area contributed by atoms with Crippen LogP contribution in [-0.4, -0.2) is 30.4 Å². The van der Waals surface area contributed by atoms with Crippen LogP contribution in [-0.2, 0) is 13.0 Å². The van der Waals surface area contributed by atoms with Crippen LogP contribution in [0.5, 0.6) is 5.75 Å². The molecule has 31 heavy (non-hydrogen) atoms. The predicted molar refractivity (Wildman–Crippen MR) is 126 cm³/mol. The molecule has 0 spiro atoms. The lowest BCUT2D eigenvalue weighted by Gasteiger charge is -2.13. The minimum absolute atomic E-state index is 0.561. The number of nitrogens with zero attached hydrogens (tertiary/aromatic N) is 3. The quantitative estimate of drug-likeness (QED) is 0.477. The monoisotopic (exact) mass is 410 g/mol. The molecule has 1 aliphatic heterocycles. The molecule has 1 N–H and O–H groups in total. The molecule has 1 aromatic heterocycles. The second-order valence-electron chi connectivity index (χ2n) is 7.98. The smallest absolute Gasteiger partial charge is 0.133 e. The average molecular weight is 411 g/mol. The van der Waals surface area contributed by atoms with Crippen molar-refractivity contribution < 1.29 is 4.74 Å². The minimum Gasteiger partial charge on any atom is -0.489 e. The summed E-state index contributed by atoms with van der Waals surface area (Å²) in [7, 11) is 4.12. The van der Waals surface area contributed by atoms with Crippen LogP contribution >= 0.6 is 0 Å². The van der Waals surface area contributed by atoms with Gasteiger partial charge in [0.15, 0.2) is 0 Å². The van der Waals surface area contributed by atoms with Crippen molar-refractivity contribution in [2.45, 2.75) is 13.0 Å². The summed E-state index contributed by atoms with van der Waals surface area (Å²) in [6.07, 6.45) is 0.981. The molecule has 3 aromatic carbocycles. The standard InChI is InChI=1S/C26H26N4O/c1-29(2)22-10-6-9-20(17-22)25-24-15-16-27-26(24)30(28-25)21-11-13-23(14-12-21)31-18-19-7-4-3-5-8-19/h3-14,17,27H,15-16,18H2,1-2H3. The second-order valence-corrected chi connectivity index (χ2v) is 7.98. The van der Waals surface area contributed by atoms with Crippen molar-refractivity contribution in [1.82, 2.24) is 9.78 Å². The van der Waals surface area contributed by atoms with Crippen molar-refractivity contribution >= 4 is 11.5 Å². The van der Waals surface area contributed by atoms with Gasteiger partial charge >= 0.3 is 0 Å². The molecule has 0 bridgehead atoms. The first-order valence-corrected chi connectivity index (χ1v) is 10.6. The van der Waals surface area contributed by atoms with Crippen LogP contribution < -0.4 is 15.0 Å². The van der Waals surface area contributed by atoms with Gasteiger partial charge in [0, 0.05) is 37.5 Å². The number of hydrogen-bond donors (Lipinski definition) is 1. The molecular formula is C26H26N4O. The molecule has 0 saturated carbocycles. The Bertz CT molecular complexity index is 1180. The largest absolute Gasteiger partial charge is 0.489 e. The van der Waals surface area contributed by atoms with E-state index in [1.54, 1.807) is 0 Å².